The lowest BCUT2D eigenvalue weighted by atomic mass is 9.59. The molecule has 1 aromatic carbocycles. The van der Waals surface area contributed by atoms with Crippen LogP contribution in [0.1, 0.15) is 18.4 Å². The van der Waals surface area contributed by atoms with Crippen molar-refractivity contribution < 1.29 is 9.59 Å². The second kappa shape index (κ2) is 5.39. The lowest BCUT2D eigenvalue weighted by Gasteiger charge is -2.41. The van der Waals surface area contributed by atoms with Crippen molar-refractivity contribution in [3.63, 3.8) is 0 Å². The summed E-state index contributed by atoms with van der Waals surface area (Å²) in [6.07, 6.45) is 5.77. The molecule has 1 saturated carbocycles. The number of hydrogen-bond acceptors (Lipinski definition) is 3. The zero-order valence-corrected chi connectivity index (χ0v) is 12.7. The van der Waals surface area contributed by atoms with Crippen LogP contribution in [0.25, 0.3) is 0 Å². The van der Waals surface area contributed by atoms with Crippen LogP contribution in [0.5, 0.6) is 0 Å². The van der Waals surface area contributed by atoms with Crippen molar-refractivity contribution in [3.05, 3.63) is 46.0 Å². The van der Waals surface area contributed by atoms with Crippen molar-refractivity contribution in [2.45, 2.75) is 18.3 Å². The lowest BCUT2D eigenvalue weighted by Crippen LogP contribution is -2.51. The van der Waals surface area contributed by atoms with E-state index in [9.17, 15) is 9.59 Å². The maximum Gasteiger partial charge on any atom is 0.152 e. The number of halogens is 2. The lowest BCUT2D eigenvalue weighted by molar-refractivity contribution is -0.141. The van der Waals surface area contributed by atoms with E-state index in [2.05, 4.69) is 4.99 Å². The molecular weight excluding hydrogens is 309 g/mol. The van der Waals surface area contributed by atoms with Gasteiger partial charge in [-0.1, -0.05) is 35.3 Å². The Bertz CT molecular complexity index is 671. The zero-order valence-electron chi connectivity index (χ0n) is 11.2. The molecule has 2 aliphatic rings. The van der Waals surface area contributed by atoms with Crippen LogP contribution in [0.2, 0.25) is 10.0 Å². The van der Waals surface area contributed by atoms with Crippen molar-refractivity contribution in [3.8, 4) is 0 Å². The zero-order chi connectivity index (χ0) is 15.0. The molecule has 3 nitrogen and oxygen atoms in total. The number of Topliss-reactive ketones (excluding diaryl/α,β-unsaturated/α-hetero) is 2. The molecule has 1 aliphatic heterocycles. The summed E-state index contributed by atoms with van der Waals surface area (Å²) in [5.41, 5.74) is -0.00264. The number of carbonyl (C=O) groups is 2. The van der Waals surface area contributed by atoms with Crippen molar-refractivity contribution in [1.82, 2.24) is 0 Å². The third-order valence-corrected chi connectivity index (χ3v) is 4.85. The minimum atomic E-state index is -0.771. The van der Waals surface area contributed by atoms with Gasteiger partial charge < -0.3 is 0 Å². The van der Waals surface area contributed by atoms with Crippen LogP contribution in [0, 0.1) is 5.92 Å². The Labute approximate surface area is 132 Å². The summed E-state index contributed by atoms with van der Waals surface area (Å²) >= 11 is 12.0. The van der Waals surface area contributed by atoms with Gasteiger partial charge in [-0.3, -0.25) is 14.6 Å². The van der Waals surface area contributed by atoms with Gasteiger partial charge in [0, 0.05) is 19.1 Å². The topological polar surface area (TPSA) is 46.5 Å². The number of hydrogen-bond donors (Lipinski definition) is 0. The standard InChI is InChI=1S/C16H13Cl2NO2/c17-13-4-3-11(6-14(13)18)16(7-12(20)8-16)15(21)10-2-1-5-19-9-10/h1-6,10H,7-9H2/t10-/m1/s1. The second-order valence-corrected chi connectivity index (χ2v) is 6.29. The first-order valence-electron chi connectivity index (χ1n) is 6.71. The summed E-state index contributed by atoms with van der Waals surface area (Å²) in [7, 11) is 0. The Hall–Kier alpha value is -1.45. The van der Waals surface area contributed by atoms with Gasteiger partial charge in [-0.2, -0.15) is 0 Å². The number of nitrogens with zero attached hydrogens (tertiary/aromatic N) is 1. The molecule has 0 unspecified atom stereocenters. The van der Waals surface area contributed by atoms with E-state index in [4.69, 9.17) is 23.2 Å². The van der Waals surface area contributed by atoms with Crippen molar-refractivity contribution in [2.24, 2.45) is 10.9 Å². The molecule has 0 spiro atoms. The molecule has 1 heterocycles. The Kier molecular flexibility index (Phi) is 3.72. The first-order valence-corrected chi connectivity index (χ1v) is 7.47. The highest BCUT2D eigenvalue weighted by Crippen LogP contribution is 2.45. The molecule has 5 heteroatoms. The number of allylic oxidation sites excluding steroid dienone is 1. The van der Waals surface area contributed by atoms with Crippen molar-refractivity contribution in [1.29, 1.82) is 0 Å². The first-order chi connectivity index (χ1) is 10.0. The van der Waals surface area contributed by atoms with E-state index >= 15 is 0 Å². The molecule has 21 heavy (non-hydrogen) atoms. The molecular formula is C16H13Cl2NO2. The maximum atomic E-state index is 12.9. The molecule has 0 saturated heterocycles. The van der Waals surface area contributed by atoms with Crippen LogP contribution in [0.3, 0.4) is 0 Å². The van der Waals surface area contributed by atoms with Crippen LogP contribution in [-0.2, 0) is 15.0 Å². The molecule has 1 aromatic rings. The maximum absolute atomic E-state index is 12.9. The van der Waals surface area contributed by atoms with Crippen LogP contribution < -0.4 is 0 Å². The normalized spacial score (nSPS) is 23.0. The molecule has 1 fully saturated rings. The van der Waals surface area contributed by atoms with Gasteiger partial charge in [0.15, 0.2) is 5.78 Å². The SMILES string of the molecule is O=C1CC(C(=O)[C@@H]2C=CC=NC2)(c2ccc(Cl)c(Cl)c2)C1. The van der Waals surface area contributed by atoms with E-state index in [-0.39, 0.29) is 30.3 Å². The molecule has 3 rings (SSSR count). The highest BCUT2D eigenvalue weighted by atomic mass is 35.5. The largest absolute Gasteiger partial charge is 0.300 e. The fourth-order valence-electron chi connectivity index (χ4n) is 2.94. The quantitative estimate of drug-likeness (QED) is 0.856. The van der Waals surface area contributed by atoms with Gasteiger partial charge in [0.25, 0.3) is 0 Å². The highest BCUT2D eigenvalue weighted by molar-refractivity contribution is 6.42. The van der Waals surface area contributed by atoms with E-state index in [1.165, 1.54) is 0 Å². The molecule has 0 aromatic heterocycles. The number of aliphatic imine (C=N–C) groups is 1. The fraction of sp³-hybridized carbons (Fsp3) is 0.312. The fourth-order valence-corrected chi connectivity index (χ4v) is 3.24. The van der Waals surface area contributed by atoms with Gasteiger partial charge in [-0.15, -0.1) is 0 Å². The summed E-state index contributed by atoms with van der Waals surface area (Å²) in [6.45, 7) is 0.437. The van der Waals surface area contributed by atoms with Crippen LogP contribution in [-0.4, -0.2) is 24.3 Å². The minimum Gasteiger partial charge on any atom is -0.300 e. The summed E-state index contributed by atoms with van der Waals surface area (Å²) in [4.78, 5) is 28.6. The Morgan fingerprint density at radius 2 is 2.00 bits per heavy atom. The average molecular weight is 322 g/mol. The van der Waals surface area contributed by atoms with Gasteiger partial charge in [-0.25, -0.2) is 0 Å². The number of dihydropyridines is 1. The van der Waals surface area contributed by atoms with Gasteiger partial charge in [-0.05, 0) is 23.8 Å². The summed E-state index contributed by atoms with van der Waals surface area (Å²) in [5.74, 6) is -0.149. The highest BCUT2D eigenvalue weighted by Gasteiger charge is 2.52. The monoisotopic (exact) mass is 321 g/mol. The van der Waals surface area contributed by atoms with E-state index in [1.54, 1.807) is 30.5 Å². The molecule has 1 atom stereocenters. The molecule has 0 bridgehead atoms. The summed E-state index contributed by atoms with van der Waals surface area (Å²) in [5, 5.41) is 0.841. The van der Waals surface area contributed by atoms with Crippen LogP contribution >= 0.6 is 23.2 Å². The summed E-state index contributed by atoms with van der Waals surface area (Å²) in [6, 6.07) is 5.16. The molecule has 0 amide bonds. The predicted molar refractivity (Wildman–Crippen MR) is 83.4 cm³/mol. The number of rotatable bonds is 3. The second-order valence-electron chi connectivity index (χ2n) is 5.47. The van der Waals surface area contributed by atoms with E-state index in [1.807, 2.05) is 6.08 Å². The first kappa shape index (κ1) is 14.5. The summed E-state index contributed by atoms with van der Waals surface area (Å²) < 4.78 is 0. The van der Waals surface area contributed by atoms with Gasteiger partial charge >= 0.3 is 0 Å². The number of ketones is 2. The van der Waals surface area contributed by atoms with E-state index < -0.39 is 5.41 Å². The van der Waals surface area contributed by atoms with Gasteiger partial charge in [0.2, 0.25) is 0 Å². The molecule has 0 radical (unpaired) electrons. The third kappa shape index (κ3) is 2.45. The van der Waals surface area contributed by atoms with Crippen molar-refractivity contribution in [2.75, 3.05) is 6.54 Å². The number of carbonyl (C=O) groups excluding carboxylic acids is 2. The van der Waals surface area contributed by atoms with E-state index in [0.29, 0.717) is 16.6 Å². The van der Waals surface area contributed by atoms with Crippen LogP contribution in [0.4, 0.5) is 0 Å². The molecule has 0 N–H and O–H groups in total. The number of benzene rings is 1. The Morgan fingerprint density at radius 3 is 2.57 bits per heavy atom. The Balaban J connectivity index is 1.97. The molecule has 108 valence electrons. The smallest absolute Gasteiger partial charge is 0.152 e. The predicted octanol–water partition coefficient (Wildman–Crippen LogP) is 3.42. The minimum absolute atomic E-state index is 0.0357. The molecule has 1 aliphatic carbocycles. The van der Waals surface area contributed by atoms with Gasteiger partial charge in [0.05, 0.1) is 27.9 Å². The van der Waals surface area contributed by atoms with Crippen molar-refractivity contribution >= 4 is 41.0 Å². The van der Waals surface area contributed by atoms with Gasteiger partial charge in [0.1, 0.15) is 5.78 Å². The average Bonchev–Trinajstić information content (AvgIpc) is 2.47. The third-order valence-electron chi connectivity index (χ3n) is 4.12. The van der Waals surface area contributed by atoms with Crippen LogP contribution in [0.15, 0.2) is 35.3 Å². The Morgan fingerprint density at radius 1 is 1.24 bits per heavy atom. The van der Waals surface area contributed by atoms with E-state index in [0.717, 1.165) is 5.56 Å².